The number of nitrogens with one attached hydrogen (secondary N) is 2. The maximum atomic E-state index is 12.8. The van der Waals surface area contributed by atoms with Crippen LogP contribution in [-0.2, 0) is 4.79 Å². The second-order valence-electron chi connectivity index (χ2n) is 7.25. The summed E-state index contributed by atoms with van der Waals surface area (Å²) < 4.78 is 12.8. The number of benzene rings is 2. The van der Waals surface area contributed by atoms with Crippen molar-refractivity contribution in [3.05, 3.63) is 60.4 Å². The molecule has 8 nitrogen and oxygen atoms in total. The van der Waals surface area contributed by atoms with Crippen LogP contribution >= 0.6 is 11.8 Å². The topological polar surface area (TPSA) is 94.5 Å². The predicted octanol–water partition coefficient (Wildman–Crippen LogP) is 3.93. The molecule has 0 atom stereocenters. The molecule has 2 N–H and O–H groups in total. The van der Waals surface area contributed by atoms with Crippen LogP contribution in [0.3, 0.4) is 0 Å². The SMILES string of the molecule is O=C(CSc1nccn1C1CC1)Nc1ccccc1C(=O)Nc1ccc2c(c1)OCO2. The van der Waals surface area contributed by atoms with E-state index in [1.807, 2.05) is 6.20 Å². The third kappa shape index (κ3) is 4.36. The summed E-state index contributed by atoms with van der Waals surface area (Å²) in [6.07, 6.45) is 6.02. The minimum absolute atomic E-state index is 0.167. The number of hydrogen-bond donors (Lipinski definition) is 2. The summed E-state index contributed by atoms with van der Waals surface area (Å²) >= 11 is 1.39. The zero-order chi connectivity index (χ0) is 21.2. The number of fused-ring (bicyclic) bond motifs is 1. The molecule has 0 spiro atoms. The van der Waals surface area contributed by atoms with E-state index in [1.165, 1.54) is 11.8 Å². The standard InChI is InChI=1S/C22H20N4O4S/c27-20(12-31-22-23-9-10-26(22)15-6-7-15)25-17-4-2-1-3-16(17)21(28)24-14-5-8-18-19(11-14)30-13-29-18/h1-5,8-11,15H,6-7,12-13H2,(H,24,28)(H,25,27). The molecular formula is C22H20N4O4S. The number of nitrogens with zero attached hydrogens (tertiary/aromatic N) is 2. The molecule has 1 aliphatic carbocycles. The summed E-state index contributed by atoms with van der Waals surface area (Å²) in [6.45, 7) is 0.167. The molecule has 158 valence electrons. The predicted molar refractivity (Wildman–Crippen MR) is 117 cm³/mol. The minimum Gasteiger partial charge on any atom is -0.454 e. The molecule has 31 heavy (non-hydrogen) atoms. The highest BCUT2D eigenvalue weighted by Gasteiger charge is 2.26. The van der Waals surface area contributed by atoms with Crippen LogP contribution in [0, 0.1) is 0 Å². The molecule has 2 aliphatic rings. The molecule has 0 bridgehead atoms. The maximum absolute atomic E-state index is 12.8. The first-order chi connectivity index (χ1) is 15.2. The number of para-hydroxylation sites is 1. The summed E-state index contributed by atoms with van der Waals surface area (Å²) in [5.74, 6) is 0.916. The smallest absolute Gasteiger partial charge is 0.257 e. The second kappa shape index (κ2) is 8.35. The highest BCUT2D eigenvalue weighted by Crippen LogP contribution is 2.37. The fraction of sp³-hybridized carbons (Fsp3) is 0.227. The van der Waals surface area contributed by atoms with Crippen LogP contribution in [0.1, 0.15) is 29.2 Å². The van der Waals surface area contributed by atoms with Crippen molar-refractivity contribution in [2.45, 2.75) is 24.0 Å². The van der Waals surface area contributed by atoms with E-state index in [-0.39, 0.29) is 24.4 Å². The minimum atomic E-state index is -0.327. The van der Waals surface area contributed by atoms with Crippen molar-refractivity contribution in [1.29, 1.82) is 0 Å². The number of hydrogen-bond acceptors (Lipinski definition) is 6. The lowest BCUT2D eigenvalue weighted by molar-refractivity contribution is -0.113. The lowest BCUT2D eigenvalue weighted by atomic mass is 10.1. The molecule has 0 saturated heterocycles. The van der Waals surface area contributed by atoms with E-state index in [2.05, 4.69) is 20.2 Å². The number of imidazole rings is 1. The van der Waals surface area contributed by atoms with Crippen molar-refractivity contribution in [1.82, 2.24) is 9.55 Å². The average Bonchev–Trinajstić information content (AvgIpc) is 3.32. The largest absolute Gasteiger partial charge is 0.454 e. The van der Waals surface area contributed by atoms with Crippen molar-refractivity contribution in [2.75, 3.05) is 23.2 Å². The number of amides is 2. The van der Waals surface area contributed by atoms with Crippen LogP contribution in [0.25, 0.3) is 0 Å². The number of anilines is 2. The van der Waals surface area contributed by atoms with E-state index in [4.69, 9.17) is 9.47 Å². The lowest BCUT2D eigenvalue weighted by Crippen LogP contribution is -2.19. The molecule has 0 unspecified atom stereocenters. The first kappa shape index (κ1) is 19.5. The fourth-order valence-corrected chi connectivity index (χ4v) is 4.15. The lowest BCUT2D eigenvalue weighted by Gasteiger charge is -2.12. The van der Waals surface area contributed by atoms with Gasteiger partial charge in [0.05, 0.1) is 17.0 Å². The Labute approximate surface area is 183 Å². The number of rotatable bonds is 7. The highest BCUT2D eigenvalue weighted by molar-refractivity contribution is 7.99. The molecule has 3 aromatic rings. The first-order valence-corrected chi connectivity index (χ1v) is 10.9. The normalized spacial score (nSPS) is 14.3. The van der Waals surface area contributed by atoms with E-state index in [9.17, 15) is 9.59 Å². The summed E-state index contributed by atoms with van der Waals surface area (Å²) in [5.41, 5.74) is 1.41. The zero-order valence-corrected chi connectivity index (χ0v) is 17.4. The summed E-state index contributed by atoms with van der Waals surface area (Å²) in [6, 6.07) is 12.6. The summed E-state index contributed by atoms with van der Waals surface area (Å²) in [4.78, 5) is 29.7. The number of aromatic nitrogens is 2. The van der Waals surface area contributed by atoms with Gasteiger partial charge in [-0.15, -0.1) is 0 Å². The molecule has 5 rings (SSSR count). The van der Waals surface area contributed by atoms with Crippen LogP contribution in [0.5, 0.6) is 11.5 Å². The number of carbonyl (C=O) groups is 2. The number of carbonyl (C=O) groups excluding carboxylic acids is 2. The number of thioether (sulfide) groups is 1. The van der Waals surface area contributed by atoms with Crippen molar-refractivity contribution in [3.63, 3.8) is 0 Å². The van der Waals surface area contributed by atoms with Gasteiger partial charge in [0.25, 0.3) is 5.91 Å². The Morgan fingerprint density at radius 2 is 1.94 bits per heavy atom. The van der Waals surface area contributed by atoms with Crippen LogP contribution in [0.2, 0.25) is 0 Å². The second-order valence-corrected chi connectivity index (χ2v) is 8.20. The van der Waals surface area contributed by atoms with Crippen LogP contribution < -0.4 is 20.1 Å². The summed E-state index contributed by atoms with van der Waals surface area (Å²) in [5, 5.41) is 6.52. The van der Waals surface area contributed by atoms with Gasteiger partial charge in [-0.1, -0.05) is 23.9 Å². The quantitative estimate of drug-likeness (QED) is 0.545. The monoisotopic (exact) mass is 436 g/mol. The molecule has 1 fully saturated rings. The number of ether oxygens (including phenoxy) is 2. The van der Waals surface area contributed by atoms with Gasteiger partial charge >= 0.3 is 0 Å². The van der Waals surface area contributed by atoms with Gasteiger partial charge in [-0.2, -0.15) is 0 Å². The Morgan fingerprint density at radius 3 is 2.81 bits per heavy atom. The maximum Gasteiger partial charge on any atom is 0.257 e. The van der Waals surface area contributed by atoms with Gasteiger partial charge in [0.1, 0.15) is 0 Å². The third-order valence-corrected chi connectivity index (χ3v) is 5.96. The van der Waals surface area contributed by atoms with Gasteiger partial charge in [-0.3, -0.25) is 9.59 Å². The van der Waals surface area contributed by atoms with Gasteiger partial charge in [-0.05, 0) is 37.1 Å². The van der Waals surface area contributed by atoms with Crippen molar-refractivity contribution in [3.8, 4) is 11.5 Å². The van der Waals surface area contributed by atoms with Gasteiger partial charge in [-0.25, -0.2) is 4.98 Å². The van der Waals surface area contributed by atoms with E-state index in [0.29, 0.717) is 34.5 Å². The Kier molecular flexibility index (Phi) is 5.25. The van der Waals surface area contributed by atoms with E-state index in [0.717, 1.165) is 18.0 Å². The third-order valence-electron chi connectivity index (χ3n) is 4.98. The fourth-order valence-electron chi connectivity index (χ4n) is 3.32. The molecule has 2 heterocycles. The van der Waals surface area contributed by atoms with Gasteiger partial charge in [0.15, 0.2) is 16.7 Å². The Hall–Kier alpha value is -3.46. The van der Waals surface area contributed by atoms with Gasteiger partial charge in [0, 0.05) is 30.2 Å². The average molecular weight is 436 g/mol. The molecule has 2 amide bonds. The first-order valence-electron chi connectivity index (χ1n) is 9.93. The van der Waals surface area contributed by atoms with E-state index in [1.54, 1.807) is 48.7 Å². The summed E-state index contributed by atoms with van der Waals surface area (Å²) in [7, 11) is 0. The molecule has 9 heteroatoms. The van der Waals surface area contributed by atoms with Crippen LogP contribution in [0.4, 0.5) is 11.4 Å². The van der Waals surface area contributed by atoms with E-state index < -0.39 is 0 Å². The highest BCUT2D eigenvalue weighted by atomic mass is 32.2. The molecule has 1 aromatic heterocycles. The van der Waals surface area contributed by atoms with Gasteiger partial charge < -0.3 is 24.7 Å². The van der Waals surface area contributed by atoms with Crippen LogP contribution in [-0.4, -0.2) is 33.9 Å². The van der Waals surface area contributed by atoms with Crippen molar-refractivity contribution < 1.29 is 19.1 Å². The van der Waals surface area contributed by atoms with Crippen molar-refractivity contribution >= 4 is 35.0 Å². The Morgan fingerprint density at radius 1 is 1.10 bits per heavy atom. The Balaban J connectivity index is 1.23. The van der Waals surface area contributed by atoms with Gasteiger partial charge in [0.2, 0.25) is 12.7 Å². The molecule has 2 aromatic carbocycles. The zero-order valence-electron chi connectivity index (χ0n) is 16.5. The Bertz CT molecular complexity index is 1140. The van der Waals surface area contributed by atoms with E-state index >= 15 is 0 Å². The molecule has 1 aliphatic heterocycles. The molecular weight excluding hydrogens is 416 g/mol. The molecule has 1 saturated carbocycles. The molecule has 0 radical (unpaired) electrons. The van der Waals surface area contributed by atoms with Crippen LogP contribution in [0.15, 0.2) is 60.0 Å². The van der Waals surface area contributed by atoms with Crippen molar-refractivity contribution in [2.24, 2.45) is 0 Å².